The van der Waals surface area contributed by atoms with Gasteiger partial charge in [-0.25, -0.2) is 4.98 Å². The maximum atomic E-state index is 12.1. The first-order valence-electron chi connectivity index (χ1n) is 10.6. The van der Waals surface area contributed by atoms with Gasteiger partial charge >= 0.3 is 0 Å². The van der Waals surface area contributed by atoms with Crippen LogP contribution in [0.3, 0.4) is 0 Å². The highest BCUT2D eigenvalue weighted by Gasteiger charge is 2.12. The Bertz CT molecular complexity index is 1140. The molecule has 0 atom stereocenters. The Labute approximate surface area is 181 Å². The summed E-state index contributed by atoms with van der Waals surface area (Å²) in [6.07, 6.45) is 2.99. The third-order valence-electron chi connectivity index (χ3n) is 5.10. The Hall–Kier alpha value is -3.54. The summed E-state index contributed by atoms with van der Waals surface area (Å²) in [6.45, 7) is 6.07. The zero-order valence-electron chi connectivity index (χ0n) is 17.9. The lowest BCUT2D eigenvalue weighted by Crippen LogP contribution is -2.26. The fraction of sp³-hybridized carbons (Fsp3) is 0.280. The number of furan rings is 1. The molecule has 0 aliphatic rings. The summed E-state index contributed by atoms with van der Waals surface area (Å²) in [7, 11) is 0. The van der Waals surface area contributed by atoms with E-state index in [0.717, 1.165) is 35.6 Å². The molecule has 31 heavy (non-hydrogen) atoms. The second-order valence-corrected chi connectivity index (χ2v) is 7.68. The van der Waals surface area contributed by atoms with Crippen LogP contribution in [0.15, 0.2) is 65.3 Å². The minimum absolute atomic E-state index is 0.213. The van der Waals surface area contributed by atoms with Crippen LogP contribution < -0.4 is 10.1 Å². The number of aryl methyl sites for hydroxylation is 3. The van der Waals surface area contributed by atoms with E-state index in [1.54, 1.807) is 12.1 Å². The van der Waals surface area contributed by atoms with Crippen LogP contribution in [0.1, 0.15) is 33.9 Å². The van der Waals surface area contributed by atoms with Gasteiger partial charge in [-0.05, 0) is 67.8 Å². The van der Waals surface area contributed by atoms with E-state index >= 15 is 0 Å². The highest BCUT2D eigenvalue weighted by atomic mass is 16.5. The first kappa shape index (κ1) is 20.7. The fourth-order valence-corrected chi connectivity index (χ4v) is 3.78. The summed E-state index contributed by atoms with van der Waals surface area (Å²) >= 11 is 0. The van der Waals surface area contributed by atoms with Gasteiger partial charge in [-0.2, -0.15) is 0 Å². The van der Waals surface area contributed by atoms with Gasteiger partial charge in [0.15, 0.2) is 5.76 Å². The maximum absolute atomic E-state index is 12.1. The number of amides is 1. The molecule has 2 heterocycles. The van der Waals surface area contributed by atoms with Crippen LogP contribution in [0.25, 0.3) is 11.0 Å². The van der Waals surface area contributed by atoms with Gasteiger partial charge in [-0.3, -0.25) is 4.79 Å². The second-order valence-electron chi connectivity index (χ2n) is 7.68. The van der Waals surface area contributed by atoms with E-state index in [1.807, 2.05) is 18.2 Å². The summed E-state index contributed by atoms with van der Waals surface area (Å²) in [5, 5.41) is 2.89. The van der Waals surface area contributed by atoms with Gasteiger partial charge in [0.1, 0.15) is 11.6 Å². The molecule has 0 radical (unpaired) electrons. The van der Waals surface area contributed by atoms with Crippen molar-refractivity contribution in [3.8, 4) is 5.75 Å². The van der Waals surface area contributed by atoms with Crippen molar-refractivity contribution in [2.45, 2.75) is 33.2 Å². The third kappa shape index (κ3) is 5.15. The lowest BCUT2D eigenvalue weighted by Gasteiger charge is -2.11. The van der Waals surface area contributed by atoms with Crippen molar-refractivity contribution in [3.63, 3.8) is 0 Å². The van der Waals surface area contributed by atoms with Crippen molar-refractivity contribution >= 4 is 16.9 Å². The van der Waals surface area contributed by atoms with Crippen LogP contribution in [0.2, 0.25) is 0 Å². The number of aromatic nitrogens is 2. The molecular weight excluding hydrogens is 390 g/mol. The highest BCUT2D eigenvalue weighted by Crippen LogP contribution is 2.19. The first-order valence-corrected chi connectivity index (χ1v) is 10.6. The van der Waals surface area contributed by atoms with Crippen LogP contribution in [0.5, 0.6) is 5.75 Å². The number of carbonyl (C=O) groups excluding carboxylic acids is 1. The van der Waals surface area contributed by atoms with E-state index in [9.17, 15) is 4.79 Å². The summed E-state index contributed by atoms with van der Waals surface area (Å²) in [5.41, 5.74) is 4.47. The number of imidazole rings is 1. The molecule has 6 heteroatoms. The van der Waals surface area contributed by atoms with E-state index in [4.69, 9.17) is 14.1 Å². The summed E-state index contributed by atoms with van der Waals surface area (Å²) < 4.78 is 13.3. The van der Waals surface area contributed by atoms with Crippen LogP contribution in [0.4, 0.5) is 0 Å². The number of ether oxygens (including phenoxy) is 1. The summed E-state index contributed by atoms with van der Waals surface area (Å²) in [4.78, 5) is 16.9. The average Bonchev–Trinajstić information content (AvgIpc) is 3.39. The molecule has 0 saturated heterocycles. The normalized spacial score (nSPS) is 11.0. The Morgan fingerprint density at radius 1 is 1.10 bits per heavy atom. The molecule has 2 aromatic heterocycles. The van der Waals surface area contributed by atoms with Crippen molar-refractivity contribution in [3.05, 3.63) is 83.6 Å². The van der Waals surface area contributed by atoms with Gasteiger partial charge in [-0.1, -0.05) is 18.2 Å². The monoisotopic (exact) mass is 417 g/mol. The number of hydrogen-bond donors (Lipinski definition) is 1. The van der Waals surface area contributed by atoms with Crippen LogP contribution in [-0.4, -0.2) is 28.6 Å². The standard InChI is InChI=1S/C25H27N3O3/c1-18-15-19(2)17-20(16-18)30-14-6-12-28-22-8-4-3-7-21(22)27-24(28)10-11-26-25(29)23-9-5-13-31-23/h3-5,7-9,13,15-17H,6,10-12,14H2,1-2H3,(H,26,29). The summed E-state index contributed by atoms with van der Waals surface area (Å²) in [6, 6.07) is 17.7. The van der Waals surface area contributed by atoms with E-state index < -0.39 is 0 Å². The minimum atomic E-state index is -0.213. The number of fused-ring (bicyclic) bond motifs is 1. The van der Waals surface area contributed by atoms with E-state index in [-0.39, 0.29) is 5.91 Å². The molecule has 6 nitrogen and oxygen atoms in total. The molecule has 0 spiro atoms. The van der Waals surface area contributed by atoms with Crippen molar-refractivity contribution < 1.29 is 13.9 Å². The van der Waals surface area contributed by atoms with Crippen molar-refractivity contribution in [1.82, 2.24) is 14.9 Å². The Balaban J connectivity index is 1.38. The molecular formula is C25H27N3O3. The van der Waals surface area contributed by atoms with Gasteiger partial charge in [-0.15, -0.1) is 0 Å². The van der Waals surface area contributed by atoms with E-state index in [0.29, 0.717) is 25.3 Å². The van der Waals surface area contributed by atoms with Crippen molar-refractivity contribution in [1.29, 1.82) is 0 Å². The SMILES string of the molecule is Cc1cc(C)cc(OCCCn2c(CCNC(=O)c3ccco3)nc3ccccc32)c1. The first-order chi connectivity index (χ1) is 15.1. The number of benzene rings is 2. The predicted octanol–water partition coefficient (Wildman–Crippen LogP) is 4.69. The zero-order chi connectivity index (χ0) is 21.6. The van der Waals surface area contributed by atoms with Gasteiger partial charge in [0.2, 0.25) is 0 Å². The number of nitrogens with zero attached hydrogens (tertiary/aromatic N) is 2. The number of nitrogens with one attached hydrogen (secondary N) is 1. The van der Waals surface area contributed by atoms with Crippen LogP contribution in [0, 0.1) is 13.8 Å². The Kier molecular flexibility index (Phi) is 6.36. The lowest BCUT2D eigenvalue weighted by atomic mass is 10.1. The molecule has 0 unspecified atom stereocenters. The average molecular weight is 418 g/mol. The van der Waals surface area contributed by atoms with Crippen molar-refractivity contribution in [2.24, 2.45) is 0 Å². The molecule has 1 amide bonds. The number of carbonyl (C=O) groups is 1. The fourth-order valence-electron chi connectivity index (χ4n) is 3.78. The van der Waals surface area contributed by atoms with Crippen LogP contribution >= 0.6 is 0 Å². The maximum Gasteiger partial charge on any atom is 0.286 e. The molecule has 0 aliphatic carbocycles. The predicted molar refractivity (Wildman–Crippen MR) is 121 cm³/mol. The van der Waals surface area contributed by atoms with Gasteiger partial charge < -0.3 is 19.0 Å². The number of hydrogen-bond acceptors (Lipinski definition) is 4. The Morgan fingerprint density at radius 2 is 1.90 bits per heavy atom. The summed E-state index contributed by atoms with van der Waals surface area (Å²) in [5.74, 6) is 1.97. The smallest absolute Gasteiger partial charge is 0.286 e. The minimum Gasteiger partial charge on any atom is -0.494 e. The molecule has 160 valence electrons. The lowest BCUT2D eigenvalue weighted by molar-refractivity contribution is 0.0926. The molecule has 0 aliphatic heterocycles. The van der Waals surface area contributed by atoms with E-state index in [2.05, 4.69) is 48.0 Å². The molecule has 0 saturated carbocycles. The number of rotatable bonds is 9. The van der Waals surface area contributed by atoms with E-state index in [1.165, 1.54) is 17.4 Å². The topological polar surface area (TPSA) is 69.3 Å². The highest BCUT2D eigenvalue weighted by molar-refractivity contribution is 5.91. The van der Waals surface area contributed by atoms with Crippen molar-refractivity contribution in [2.75, 3.05) is 13.2 Å². The van der Waals surface area contributed by atoms with Crippen LogP contribution in [-0.2, 0) is 13.0 Å². The number of para-hydroxylation sites is 2. The van der Waals surface area contributed by atoms with Gasteiger partial charge in [0, 0.05) is 19.5 Å². The molecule has 4 aromatic rings. The largest absolute Gasteiger partial charge is 0.494 e. The molecule has 0 bridgehead atoms. The third-order valence-corrected chi connectivity index (χ3v) is 5.10. The zero-order valence-corrected chi connectivity index (χ0v) is 17.9. The second kappa shape index (κ2) is 9.51. The Morgan fingerprint density at radius 3 is 2.68 bits per heavy atom. The quantitative estimate of drug-likeness (QED) is 0.401. The molecule has 0 fully saturated rings. The molecule has 1 N–H and O–H groups in total. The van der Waals surface area contributed by atoms with Gasteiger partial charge in [0.05, 0.1) is 23.9 Å². The molecule has 2 aromatic carbocycles. The van der Waals surface area contributed by atoms with Gasteiger partial charge in [0.25, 0.3) is 5.91 Å². The molecule has 4 rings (SSSR count).